The molecule has 0 aliphatic carbocycles. The number of imide groups is 1. The zero-order valence-corrected chi connectivity index (χ0v) is 11.0. The Hall–Kier alpha value is -1.65. The highest BCUT2D eigenvalue weighted by Crippen LogP contribution is 2.11. The fraction of sp³-hybridized carbons (Fsp3) is 0.615. The molecule has 1 aliphatic heterocycles. The number of hydrogen-bond acceptors (Lipinski definition) is 3. The first-order valence-electron chi connectivity index (χ1n) is 6.34. The number of likely N-dealkylation sites (tertiary alicyclic amines) is 1. The molecule has 100 valence electrons. The summed E-state index contributed by atoms with van der Waals surface area (Å²) in [6.45, 7) is 4.62. The zero-order valence-electron chi connectivity index (χ0n) is 11.0. The average Bonchev–Trinajstić information content (AvgIpc) is 2.65. The normalized spacial score (nSPS) is 16.3. The van der Waals surface area contributed by atoms with Crippen molar-refractivity contribution < 1.29 is 14.4 Å². The van der Waals surface area contributed by atoms with Crippen molar-refractivity contribution in [1.82, 2.24) is 10.2 Å². The first-order chi connectivity index (χ1) is 8.56. The molecular weight excluding hydrogens is 232 g/mol. The van der Waals surface area contributed by atoms with E-state index >= 15 is 0 Å². The van der Waals surface area contributed by atoms with Crippen LogP contribution >= 0.6 is 0 Å². The summed E-state index contributed by atoms with van der Waals surface area (Å²) in [7, 11) is 0. The second-order valence-electron chi connectivity index (χ2n) is 4.34. The van der Waals surface area contributed by atoms with Gasteiger partial charge in [0.2, 0.25) is 17.7 Å². The van der Waals surface area contributed by atoms with Crippen LogP contribution < -0.4 is 5.32 Å². The summed E-state index contributed by atoms with van der Waals surface area (Å²) < 4.78 is 0. The quantitative estimate of drug-likeness (QED) is 0.435. The van der Waals surface area contributed by atoms with Crippen LogP contribution in [0.2, 0.25) is 0 Å². The summed E-state index contributed by atoms with van der Waals surface area (Å²) in [6.07, 6.45) is 3.94. The summed E-state index contributed by atoms with van der Waals surface area (Å²) in [4.78, 5) is 35.4. The van der Waals surface area contributed by atoms with E-state index < -0.39 is 0 Å². The van der Waals surface area contributed by atoms with Crippen molar-refractivity contribution in [3.63, 3.8) is 0 Å². The summed E-state index contributed by atoms with van der Waals surface area (Å²) in [6, 6.07) is 0. The SMILES string of the molecule is CC/C=C(/C)C(=O)NCCCN1C(=O)CCC1=O. The second-order valence-corrected chi connectivity index (χ2v) is 4.34. The van der Waals surface area contributed by atoms with E-state index in [1.54, 1.807) is 6.92 Å². The second kappa shape index (κ2) is 6.93. The highest BCUT2D eigenvalue weighted by atomic mass is 16.2. The van der Waals surface area contributed by atoms with Gasteiger partial charge in [0, 0.05) is 31.5 Å². The van der Waals surface area contributed by atoms with E-state index in [0.29, 0.717) is 37.9 Å². The van der Waals surface area contributed by atoms with Gasteiger partial charge in [-0.25, -0.2) is 0 Å². The van der Waals surface area contributed by atoms with E-state index in [1.165, 1.54) is 4.90 Å². The molecule has 0 saturated carbocycles. The Morgan fingerprint density at radius 1 is 1.33 bits per heavy atom. The van der Waals surface area contributed by atoms with Crippen LogP contribution in [0.25, 0.3) is 0 Å². The van der Waals surface area contributed by atoms with Crippen LogP contribution in [-0.4, -0.2) is 35.7 Å². The lowest BCUT2D eigenvalue weighted by molar-refractivity contribution is -0.138. The van der Waals surface area contributed by atoms with Crippen LogP contribution in [-0.2, 0) is 14.4 Å². The summed E-state index contributed by atoms with van der Waals surface area (Å²) in [5.74, 6) is -0.294. The lowest BCUT2D eigenvalue weighted by Crippen LogP contribution is -2.33. The molecule has 0 aromatic carbocycles. The van der Waals surface area contributed by atoms with E-state index in [0.717, 1.165) is 6.42 Å². The van der Waals surface area contributed by atoms with Gasteiger partial charge in [-0.05, 0) is 19.8 Å². The number of rotatable bonds is 6. The van der Waals surface area contributed by atoms with E-state index in [1.807, 2.05) is 13.0 Å². The molecule has 5 nitrogen and oxygen atoms in total. The van der Waals surface area contributed by atoms with Gasteiger partial charge in [0.25, 0.3) is 0 Å². The molecule has 1 heterocycles. The maximum atomic E-state index is 11.5. The van der Waals surface area contributed by atoms with Crippen LogP contribution in [0.3, 0.4) is 0 Å². The first-order valence-corrected chi connectivity index (χ1v) is 6.34. The van der Waals surface area contributed by atoms with Crippen molar-refractivity contribution in [1.29, 1.82) is 0 Å². The minimum Gasteiger partial charge on any atom is -0.352 e. The fourth-order valence-corrected chi connectivity index (χ4v) is 1.85. The molecule has 3 amide bonds. The Balaban J connectivity index is 2.23. The molecule has 1 N–H and O–H groups in total. The largest absolute Gasteiger partial charge is 0.352 e. The standard InChI is InChI=1S/C13H20N2O3/c1-3-5-10(2)13(18)14-8-4-9-15-11(16)6-7-12(15)17/h5H,3-4,6-9H2,1-2H3,(H,14,18)/b10-5-. The van der Waals surface area contributed by atoms with Crippen LogP contribution in [0.15, 0.2) is 11.6 Å². The molecule has 0 atom stereocenters. The Morgan fingerprint density at radius 2 is 1.94 bits per heavy atom. The van der Waals surface area contributed by atoms with E-state index in [-0.39, 0.29) is 17.7 Å². The number of allylic oxidation sites excluding steroid dienone is 1. The van der Waals surface area contributed by atoms with Crippen molar-refractivity contribution in [2.75, 3.05) is 13.1 Å². The Bertz CT molecular complexity index is 358. The zero-order chi connectivity index (χ0) is 13.5. The highest BCUT2D eigenvalue weighted by Gasteiger charge is 2.27. The van der Waals surface area contributed by atoms with Gasteiger partial charge in [0.1, 0.15) is 0 Å². The van der Waals surface area contributed by atoms with Gasteiger partial charge in [-0.3, -0.25) is 19.3 Å². The van der Waals surface area contributed by atoms with E-state index in [4.69, 9.17) is 0 Å². The first kappa shape index (κ1) is 14.4. The molecule has 1 rings (SSSR count). The van der Waals surface area contributed by atoms with Crippen LogP contribution in [0, 0.1) is 0 Å². The molecule has 1 fully saturated rings. The fourth-order valence-electron chi connectivity index (χ4n) is 1.85. The molecule has 1 aliphatic rings. The maximum absolute atomic E-state index is 11.5. The monoisotopic (exact) mass is 252 g/mol. The number of carbonyl (C=O) groups is 3. The van der Waals surface area contributed by atoms with Crippen LogP contribution in [0.4, 0.5) is 0 Å². The minimum absolute atomic E-state index is 0.0871. The van der Waals surface area contributed by atoms with Crippen molar-refractivity contribution in [3.8, 4) is 0 Å². The predicted molar refractivity (Wildman–Crippen MR) is 67.6 cm³/mol. The van der Waals surface area contributed by atoms with E-state index in [9.17, 15) is 14.4 Å². The Labute approximate surface area is 107 Å². The van der Waals surface area contributed by atoms with E-state index in [2.05, 4.69) is 5.32 Å². The summed E-state index contributed by atoms with van der Waals surface area (Å²) >= 11 is 0. The number of nitrogens with one attached hydrogen (secondary N) is 1. The van der Waals surface area contributed by atoms with Crippen LogP contribution in [0.5, 0.6) is 0 Å². The molecular formula is C13H20N2O3. The minimum atomic E-state index is -0.103. The van der Waals surface area contributed by atoms with Gasteiger partial charge in [-0.15, -0.1) is 0 Å². The third-order valence-corrected chi connectivity index (χ3v) is 2.87. The molecule has 0 unspecified atom stereocenters. The Kier molecular flexibility index (Phi) is 5.55. The molecule has 0 radical (unpaired) electrons. The highest BCUT2D eigenvalue weighted by molar-refractivity contribution is 6.01. The van der Waals surface area contributed by atoms with Crippen molar-refractivity contribution in [2.24, 2.45) is 0 Å². The lowest BCUT2D eigenvalue weighted by Gasteiger charge is -2.13. The third-order valence-electron chi connectivity index (χ3n) is 2.87. The molecule has 18 heavy (non-hydrogen) atoms. The third kappa shape index (κ3) is 3.98. The van der Waals surface area contributed by atoms with Crippen molar-refractivity contribution in [3.05, 3.63) is 11.6 Å². The lowest BCUT2D eigenvalue weighted by atomic mass is 10.2. The van der Waals surface area contributed by atoms with Crippen molar-refractivity contribution in [2.45, 2.75) is 39.5 Å². The van der Waals surface area contributed by atoms with Gasteiger partial charge < -0.3 is 5.32 Å². The molecule has 0 aromatic heterocycles. The van der Waals surface area contributed by atoms with Gasteiger partial charge in [-0.2, -0.15) is 0 Å². The summed E-state index contributed by atoms with van der Waals surface area (Å²) in [5, 5.41) is 2.76. The molecule has 0 spiro atoms. The smallest absolute Gasteiger partial charge is 0.246 e. The molecule has 0 bridgehead atoms. The van der Waals surface area contributed by atoms with Gasteiger partial charge in [0.05, 0.1) is 0 Å². The summed E-state index contributed by atoms with van der Waals surface area (Å²) in [5.41, 5.74) is 0.700. The maximum Gasteiger partial charge on any atom is 0.246 e. The molecule has 0 aromatic rings. The van der Waals surface area contributed by atoms with Gasteiger partial charge >= 0.3 is 0 Å². The number of amides is 3. The van der Waals surface area contributed by atoms with Crippen molar-refractivity contribution >= 4 is 17.7 Å². The predicted octanol–water partition coefficient (Wildman–Crippen LogP) is 0.998. The molecule has 5 heteroatoms. The average molecular weight is 252 g/mol. The number of nitrogens with zero attached hydrogens (tertiary/aromatic N) is 1. The van der Waals surface area contributed by atoms with Gasteiger partial charge in [-0.1, -0.05) is 13.0 Å². The topological polar surface area (TPSA) is 66.5 Å². The number of hydrogen-bond donors (Lipinski definition) is 1. The van der Waals surface area contributed by atoms with Gasteiger partial charge in [0.15, 0.2) is 0 Å². The Morgan fingerprint density at radius 3 is 2.50 bits per heavy atom. The van der Waals surface area contributed by atoms with Crippen LogP contribution in [0.1, 0.15) is 39.5 Å². The molecule has 1 saturated heterocycles. The number of carbonyl (C=O) groups excluding carboxylic acids is 3.